The molecule has 96 valence electrons. The summed E-state index contributed by atoms with van der Waals surface area (Å²) in [6.07, 6.45) is 0. The highest BCUT2D eigenvalue weighted by atomic mass is 32.1. The molecule has 17 heavy (non-hydrogen) atoms. The molecule has 1 aromatic heterocycles. The van der Waals surface area contributed by atoms with Crippen LogP contribution in [0, 0.1) is 0 Å². The van der Waals surface area contributed by atoms with Crippen molar-refractivity contribution in [2.24, 2.45) is 5.73 Å². The fraction of sp³-hybridized carbons (Fsp3) is 0.600. The number of nitrogens with zero attached hydrogens (tertiary/aromatic N) is 1. The van der Waals surface area contributed by atoms with Gasteiger partial charge in [0, 0.05) is 25.6 Å². The van der Waals surface area contributed by atoms with Crippen LogP contribution in [0.1, 0.15) is 15.5 Å². The van der Waals surface area contributed by atoms with Crippen LogP contribution in [0.4, 0.5) is 0 Å². The quantitative estimate of drug-likeness (QED) is 0.641. The molecule has 0 aliphatic rings. The molecule has 6 nitrogen and oxygen atoms in total. The van der Waals surface area contributed by atoms with E-state index >= 15 is 0 Å². The van der Waals surface area contributed by atoms with Crippen molar-refractivity contribution in [3.8, 4) is 0 Å². The van der Waals surface area contributed by atoms with E-state index in [-0.39, 0.29) is 5.91 Å². The molecule has 0 aliphatic heterocycles. The maximum Gasteiger partial charge on any atom is 0.270 e. The molecule has 0 saturated heterocycles. The van der Waals surface area contributed by atoms with Crippen LogP contribution in [0.3, 0.4) is 0 Å². The maximum absolute atomic E-state index is 11.6. The van der Waals surface area contributed by atoms with Crippen LogP contribution < -0.4 is 11.1 Å². The minimum absolute atomic E-state index is 0.198. The summed E-state index contributed by atoms with van der Waals surface area (Å²) in [5.74, 6) is -0.198. The first-order valence-electron chi connectivity index (χ1n) is 5.27. The Bertz CT molecular complexity index is 343. The number of hydrogen-bond acceptors (Lipinski definition) is 6. The molecule has 1 aromatic rings. The van der Waals surface area contributed by atoms with E-state index in [4.69, 9.17) is 15.2 Å². The normalized spacial score (nSPS) is 10.5. The summed E-state index contributed by atoms with van der Waals surface area (Å²) >= 11 is 1.38. The molecule has 3 N–H and O–H groups in total. The minimum atomic E-state index is -0.198. The number of nitrogens with one attached hydrogen (secondary N) is 1. The number of hydrogen-bond donors (Lipinski definition) is 2. The van der Waals surface area contributed by atoms with Crippen LogP contribution in [0.5, 0.6) is 0 Å². The van der Waals surface area contributed by atoms with Crippen molar-refractivity contribution in [1.29, 1.82) is 0 Å². The first kappa shape index (κ1) is 14.0. The van der Waals surface area contributed by atoms with Gasteiger partial charge < -0.3 is 20.5 Å². The van der Waals surface area contributed by atoms with E-state index in [0.29, 0.717) is 38.6 Å². The molecule has 1 rings (SSSR count). The lowest BCUT2D eigenvalue weighted by atomic mass is 10.4. The number of rotatable bonds is 8. The van der Waals surface area contributed by atoms with Crippen molar-refractivity contribution < 1.29 is 14.3 Å². The average molecular weight is 259 g/mol. The highest BCUT2D eigenvalue weighted by molar-refractivity contribution is 7.09. The number of carbonyl (C=O) groups is 1. The zero-order chi connectivity index (χ0) is 12.5. The van der Waals surface area contributed by atoms with Gasteiger partial charge in [-0.1, -0.05) is 0 Å². The monoisotopic (exact) mass is 259 g/mol. The van der Waals surface area contributed by atoms with Gasteiger partial charge in [0.15, 0.2) is 0 Å². The zero-order valence-electron chi connectivity index (χ0n) is 9.77. The van der Waals surface area contributed by atoms with E-state index in [1.165, 1.54) is 11.3 Å². The van der Waals surface area contributed by atoms with E-state index in [1.807, 2.05) is 0 Å². The number of nitrogens with two attached hydrogens (primary N) is 1. The van der Waals surface area contributed by atoms with Crippen molar-refractivity contribution in [1.82, 2.24) is 10.3 Å². The summed E-state index contributed by atoms with van der Waals surface area (Å²) in [4.78, 5) is 15.7. The third kappa shape index (κ3) is 5.22. The second kappa shape index (κ2) is 8.13. The summed E-state index contributed by atoms with van der Waals surface area (Å²) in [6, 6.07) is 0. The van der Waals surface area contributed by atoms with Crippen molar-refractivity contribution in [2.45, 2.75) is 6.54 Å². The van der Waals surface area contributed by atoms with E-state index in [9.17, 15) is 4.79 Å². The van der Waals surface area contributed by atoms with Gasteiger partial charge in [-0.15, -0.1) is 11.3 Å². The van der Waals surface area contributed by atoms with Gasteiger partial charge in [0.25, 0.3) is 5.91 Å². The second-order valence-electron chi connectivity index (χ2n) is 3.19. The third-order valence-corrected chi connectivity index (χ3v) is 2.79. The SMILES string of the molecule is COCCOCCNC(=O)c1csc(CN)n1. The minimum Gasteiger partial charge on any atom is -0.382 e. The van der Waals surface area contributed by atoms with Crippen LogP contribution in [0.15, 0.2) is 5.38 Å². The smallest absolute Gasteiger partial charge is 0.270 e. The van der Waals surface area contributed by atoms with E-state index in [1.54, 1.807) is 12.5 Å². The van der Waals surface area contributed by atoms with Crippen LogP contribution in [-0.4, -0.2) is 44.4 Å². The van der Waals surface area contributed by atoms with Crippen molar-refractivity contribution in [3.63, 3.8) is 0 Å². The standard InChI is InChI=1S/C10H17N3O3S/c1-15-4-5-16-3-2-12-10(14)8-7-17-9(6-11)13-8/h7H,2-6,11H2,1H3,(H,12,14). The summed E-state index contributed by atoms with van der Waals surface area (Å²) in [5, 5.41) is 5.17. The summed E-state index contributed by atoms with van der Waals surface area (Å²) in [6.45, 7) is 2.36. The molecule has 0 aromatic carbocycles. The Kier molecular flexibility index (Phi) is 6.71. The van der Waals surface area contributed by atoms with Crippen LogP contribution in [0.25, 0.3) is 0 Å². The van der Waals surface area contributed by atoms with Gasteiger partial charge in [-0.25, -0.2) is 4.98 Å². The second-order valence-corrected chi connectivity index (χ2v) is 4.13. The van der Waals surface area contributed by atoms with Gasteiger partial charge in [-0.3, -0.25) is 4.79 Å². The number of carbonyl (C=O) groups excluding carboxylic acids is 1. The fourth-order valence-corrected chi connectivity index (χ4v) is 1.74. The molecule has 7 heteroatoms. The largest absolute Gasteiger partial charge is 0.382 e. The Morgan fingerprint density at radius 3 is 3.00 bits per heavy atom. The lowest BCUT2D eigenvalue weighted by Gasteiger charge is -2.04. The van der Waals surface area contributed by atoms with Crippen LogP contribution >= 0.6 is 11.3 Å². The Balaban J connectivity index is 2.16. The molecular weight excluding hydrogens is 242 g/mol. The first-order chi connectivity index (χ1) is 8.27. The molecule has 1 amide bonds. The zero-order valence-corrected chi connectivity index (χ0v) is 10.6. The van der Waals surface area contributed by atoms with Crippen LogP contribution in [-0.2, 0) is 16.0 Å². The molecule has 0 saturated carbocycles. The van der Waals surface area contributed by atoms with E-state index in [0.717, 1.165) is 5.01 Å². The topological polar surface area (TPSA) is 86.5 Å². The van der Waals surface area contributed by atoms with Gasteiger partial charge in [0.1, 0.15) is 10.7 Å². The molecule has 0 bridgehead atoms. The lowest BCUT2D eigenvalue weighted by Crippen LogP contribution is -2.27. The summed E-state index contributed by atoms with van der Waals surface area (Å²) in [7, 11) is 1.61. The molecule has 0 radical (unpaired) electrons. The molecule has 0 aliphatic carbocycles. The third-order valence-electron chi connectivity index (χ3n) is 1.92. The summed E-state index contributed by atoms with van der Waals surface area (Å²) in [5.41, 5.74) is 5.83. The Morgan fingerprint density at radius 1 is 1.53 bits per heavy atom. The Hall–Kier alpha value is -1.02. The lowest BCUT2D eigenvalue weighted by molar-refractivity contribution is 0.0692. The van der Waals surface area contributed by atoms with E-state index < -0.39 is 0 Å². The number of methoxy groups -OCH3 is 1. The fourth-order valence-electron chi connectivity index (χ4n) is 1.08. The Labute approximate surface area is 104 Å². The van der Waals surface area contributed by atoms with Crippen molar-refractivity contribution in [2.75, 3.05) is 33.5 Å². The average Bonchev–Trinajstić information content (AvgIpc) is 2.82. The summed E-state index contributed by atoms with van der Waals surface area (Å²) < 4.78 is 10.0. The molecule has 0 unspecified atom stereocenters. The first-order valence-corrected chi connectivity index (χ1v) is 6.15. The molecule has 0 atom stereocenters. The molecule has 0 spiro atoms. The van der Waals surface area contributed by atoms with Gasteiger partial charge in [-0.2, -0.15) is 0 Å². The highest BCUT2D eigenvalue weighted by Crippen LogP contribution is 2.08. The predicted octanol–water partition coefficient (Wildman–Crippen LogP) is -0.00540. The number of amides is 1. The van der Waals surface area contributed by atoms with Gasteiger partial charge in [0.2, 0.25) is 0 Å². The number of thiazole rings is 1. The predicted molar refractivity (Wildman–Crippen MR) is 65.0 cm³/mol. The highest BCUT2D eigenvalue weighted by Gasteiger charge is 2.08. The van der Waals surface area contributed by atoms with Crippen LogP contribution in [0.2, 0.25) is 0 Å². The van der Waals surface area contributed by atoms with Gasteiger partial charge in [0.05, 0.1) is 19.8 Å². The van der Waals surface area contributed by atoms with Crippen molar-refractivity contribution >= 4 is 17.2 Å². The number of aromatic nitrogens is 1. The molecular formula is C10H17N3O3S. The van der Waals surface area contributed by atoms with Gasteiger partial charge >= 0.3 is 0 Å². The van der Waals surface area contributed by atoms with Gasteiger partial charge in [-0.05, 0) is 0 Å². The van der Waals surface area contributed by atoms with E-state index in [2.05, 4.69) is 10.3 Å². The molecule has 0 fully saturated rings. The Morgan fingerprint density at radius 2 is 2.35 bits per heavy atom. The number of ether oxygens (including phenoxy) is 2. The van der Waals surface area contributed by atoms with Crippen molar-refractivity contribution in [3.05, 3.63) is 16.1 Å². The molecule has 1 heterocycles. The maximum atomic E-state index is 11.6.